The fourth-order valence-corrected chi connectivity index (χ4v) is 5.09. The molecule has 0 amide bonds. The molecule has 0 spiro atoms. The van der Waals surface area contributed by atoms with Gasteiger partial charge in [-0.15, -0.1) is 0 Å². The average molecular weight is 473 g/mol. The lowest BCUT2D eigenvalue weighted by Crippen LogP contribution is -2.10. The zero-order valence-electron chi connectivity index (χ0n) is 19.1. The van der Waals surface area contributed by atoms with Gasteiger partial charge in [-0.3, -0.25) is 5.09 Å². The molecule has 0 aliphatic carbocycles. The van der Waals surface area contributed by atoms with Gasteiger partial charge >= 0.3 is 7.75 Å². The summed E-state index contributed by atoms with van der Waals surface area (Å²) >= 11 is 0. The molecular weight excluding hydrogens is 449 g/mol. The molecule has 34 heavy (non-hydrogen) atoms. The second-order valence-electron chi connectivity index (χ2n) is 8.06. The summed E-state index contributed by atoms with van der Waals surface area (Å²) in [4.78, 5) is 0. The Morgan fingerprint density at radius 2 is 1.32 bits per heavy atom. The van der Waals surface area contributed by atoms with Crippen LogP contribution in [0.15, 0.2) is 89.3 Å². The van der Waals surface area contributed by atoms with E-state index in [1.54, 1.807) is 37.4 Å². The lowest BCUT2D eigenvalue weighted by atomic mass is 10.1. The van der Waals surface area contributed by atoms with Gasteiger partial charge in [0.25, 0.3) is 0 Å². The fourth-order valence-electron chi connectivity index (χ4n) is 3.70. The molecule has 0 atom stereocenters. The number of nitrogens with one attached hydrogen (secondary N) is 1. The molecule has 0 aliphatic heterocycles. The maximum Gasteiger partial charge on any atom is 0.541 e. The summed E-state index contributed by atoms with van der Waals surface area (Å²) < 4.78 is 37.4. The summed E-state index contributed by atoms with van der Waals surface area (Å²) in [5.41, 5.74) is 3.93. The average Bonchev–Trinajstić information content (AvgIpc) is 3.19. The van der Waals surface area contributed by atoms with Crippen LogP contribution in [0.2, 0.25) is 0 Å². The van der Waals surface area contributed by atoms with Crippen LogP contribution in [0, 0.1) is 13.8 Å². The molecule has 5 aromatic rings. The molecular formula is C27H24NO5P. The van der Waals surface area contributed by atoms with Crippen molar-refractivity contribution in [1.82, 2.24) is 0 Å². The van der Waals surface area contributed by atoms with Crippen LogP contribution in [-0.4, -0.2) is 7.11 Å². The van der Waals surface area contributed by atoms with Crippen molar-refractivity contribution in [3.8, 4) is 17.2 Å². The Labute approximate surface area is 197 Å². The van der Waals surface area contributed by atoms with Crippen molar-refractivity contribution in [2.45, 2.75) is 13.8 Å². The molecule has 1 N–H and O–H groups in total. The van der Waals surface area contributed by atoms with Crippen LogP contribution in [-0.2, 0) is 4.57 Å². The van der Waals surface area contributed by atoms with Crippen molar-refractivity contribution in [1.29, 1.82) is 0 Å². The number of anilines is 1. The maximum atomic E-state index is 14.0. The Hall–Kier alpha value is -3.89. The topological polar surface area (TPSA) is 69.9 Å². The van der Waals surface area contributed by atoms with Crippen molar-refractivity contribution >= 4 is 35.4 Å². The smallest absolute Gasteiger partial charge is 0.495 e. The van der Waals surface area contributed by atoms with Gasteiger partial charge in [0.15, 0.2) is 0 Å². The molecule has 5 rings (SSSR count). The quantitative estimate of drug-likeness (QED) is 0.242. The van der Waals surface area contributed by atoms with Crippen molar-refractivity contribution in [2.24, 2.45) is 0 Å². The summed E-state index contributed by atoms with van der Waals surface area (Å²) in [6, 6.07) is 25.9. The zero-order chi connectivity index (χ0) is 23.7. The molecule has 0 aliphatic rings. The molecule has 0 radical (unpaired) electrons. The molecule has 1 aromatic heterocycles. The molecule has 0 fully saturated rings. The maximum absolute atomic E-state index is 14.0. The number of para-hydroxylation sites is 1. The molecule has 0 saturated heterocycles. The van der Waals surface area contributed by atoms with Crippen LogP contribution in [0.1, 0.15) is 11.1 Å². The van der Waals surface area contributed by atoms with Crippen LogP contribution in [0.3, 0.4) is 0 Å². The first kappa shape index (κ1) is 21.9. The third-order valence-electron chi connectivity index (χ3n) is 5.45. The van der Waals surface area contributed by atoms with Gasteiger partial charge in [-0.2, -0.15) is 0 Å². The highest BCUT2D eigenvalue weighted by atomic mass is 31.2. The van der Waals surface area contributed by atoms with Crippen molar-refractivity contribution < 1.29 is 22.8 Å². The first-order chi connectivity index (χ1) is 16.4. The minimum Gasteiger partial charge on any atom is -0.495 e. The Morgan fingerprint density at radius 3 is 1.91 bits per heavy atom. The van der Waals surface area contributed by atoms with Gasteiger partial charge in [0.05, 0.1) is 12.8 Å². The number of methoxy groups -OCH3 is 1. The first-order valence-electron chi connectivity index (χ1n) is 10.8. The molecule has 6 nitrogen and oxygen atoms in total. The van der Waals surface area contributed by atoms with Gasteiger partial charge in [0.2, 0.25) is 0 Å². The highest BCUT2D eigenvalue weighted by Gasteiger charge is 2.31. The van der Waals surface area contributed by atoms with Gasteiger partial charge in [-0.25, -0.2) is 4.57 Å². The minimum atomic E-state index is -3.94. The molecule has 7 heteroatoms. The summed E-state index contributed by atoms with van der Waals surface area (Å²) in [6.45, 7) is 3.94. The summed E-state index contributed by atoms with van der Waals surface area (Å²) in [6.07, 6.45) is 0. The second kappa shape index (κ2) is 8.81. The van der Waals surface area contributed by atoms with E-state index < -0.39 is 7.75 Å². The fraction of sp³-hybridized carbons (Fsp3) is 0.111. The Morgan fingerprint density at radius 1 is 0.735 bits per heavy atom. The molecule has 0 bridgehead atoms. The lowest BCUT2D eigenvalue weighted by Gasteiger charge is -2.22. The highest BCUT2D eigenvalue weighted by molar-refractivity contribution is 7.56. The van der Waals surface area contributed by atoms with Gasteiger partial charge in [-0.05, 0) is 50.2 Å². The third kappa shape index (κ3) is 4.45. The van der Waals surface area contributed by atoms with E-state index >= 15 is 0 Å². The van der Waals surface area contributed by atoms with Crippen LogP contribution in [0.25, 0.3) is 21.9 Å². The van der Waals surface area contributed by atoms with E-state index in [0.29, 0.717) is 28.5 Å². The number of hydrogen-bond donors (Lipinski definition) is 1. The van der Waals surface area contributed by atoms with Crippen molar-refractivity contribution in [3.05, 3.63) is 96.1 Å². The minimum absolute atomic E-state index is 0.414. The van der Waals surface area contributed by atoms with Crippen molar-refractivity contribution in [3.63, 3.8) is 0 Å². The third-order valence-corrected chi connectivity index (χ3v) is 6.87. The van der Waals surface area contributed by atoms with Gasteiger partial charge in [-0.1, -0.05) is 53.6 Å². The predicted octanol–water partition coefficient (Wildman–Crippen LogP) is 7.89. The summed E-state index contributed by atoms with van der Waals surface area (Å²) in [5.74, 6) is 1.31. The van der Waals surface area contributed by atoms with Gasteiger partial charge in [0, 0.05) is 16.8 Å². The number of ether oxygens (including phenoxy) is 1. The standard InChI is InChI=1S/C27H24NO5P/c1-18-8-12-20(13-9-18)32-34(29,33-21-14-10-19(2)11-15-21)28-24-17-26-23(16-27(24)30-3)22-6-4-5-7-25(22)31-26/h4-17H,1-3H3,(H,28,29). The Balaban J connectivity index is 1.56. The number of hydrogen-bond acceptors (Lipinski definition) is 5. The monoisotopic (exact) mass is 473 g/mol. The normalized spacial score (nSPS) is 11.5. The van der Waals surface area contributed by atoms with Crippen LogP contribution < -0.4 is 18.9 Å². The Bertz CT molecular complexity index is 1460. The van der Waals surface area contributed by atoms with E-state index in [4.69, 9.17) is 18.2 Å². The molecule has 1 heterocycles. The number of fused-ring (bicyclic) bond motifs is 3. The number of aryl methyl sites for hydroxylation is 2. The highest BCUT2D eigenvalue weighted by Crippen LogP contribution is 2.51. The number of furan rings is 1. The second-order valence-corrected chi connectivity index (χ2v) is 9.65. The lowest BCUT2D eigenvalue weighted by molar-refractivity contribution is 0.390. The van der Waals surface area contributed by atoms with E-state index in [2.05, 4.69) is 5.09 Å². The van der Waals surface area contributed by atoms with E-state index in [1.807, 2.05) is 68.4 Å². The van der Waals surface area contributed by atoms with E-state index in [9.17, 15) is 4.57 Å². The van der Waals surface area contributed by atoms with E-state index in [-0.39, 0.29) is 0 Å². The molecule has 0 saturated carbocycles. The molecule has 4 aromatic carbocycles. The van der Waals surface area contributed by atoms with E-state index in [0.717, 1.165) is 27.5 Å². The van der Waals surface area contributed by atoms with Gasteiger partial charge in [0.1, 0.15) is 28.4 Å². The predicted molar refractivity (Wildman–Crippen MR) is 135 cm³/mol. The van der Waals surface area contributed by atoms with E-state index in [1.165, 1.54) is 0 Å². The largest absolute Gasteiger partial charge is 0.541 e. The first-order valence-corrected chi connectivity index (χ1v) is 12.4. The molecule has 0 unspecified atom stereocenters. The van der Waals surface area contributed by atoms with Crippen LogP contribution >= 0.6 is 7.75 Å². The van der Waals surface area contributed by atoms with Crippen LogP contribution in [0.5, 0.6) is 17.2 Å². The summed E-state index contributed by atoms with van der Waals surface area (Å²) in [7, 11) is -2.38. The summed E-state index contributed by atoms with van der Waals surface area (Å²) in [5, 5.41) is 4.83. The van der Waals surface area contributed by atoms with Gasteiger partial charge < -0.3 is 18.2 Å². The van der Waals surface area contributed by atoms with Crippen molar-refractivity contribution in [2.75, 3.05) is 12.2 Å². The van der Waals surface area contributed by atoms with Crippen LogP contribution in [0.4, 0.5) is 5.69 Å². The Kier molecular flexibility index (Phi) is 5.68. The zero-order valence-corrected chi connectivity index (χ0v) is 20.0. The SMILES string of the molecule is COc1cc2c(cc1NP(=O)(Oc1ccc(C)cc1)Oc1ccc(C)cc1)oc1ccccc12. The molecule has 172 valence electrons. The number of rotatable bonds is 7. The number of benzene rings is 4.